The fraction of sp³-hybridized carbons (Fsp3) is 0.100. The molecule has 1 aromatic carbocycles. The van der Waals surface area contributed by atoms with Gasteiger partial charge in [-0.05, 0) is 31.2 Å². The van der Waals surface area contributed by atoms with Gasteiger partial charge in [-0.15, -0.1) is 0 Å². The Morgan fingerprint density at radius 3 is 2.83 bits per heavy atom. The Balaban J connectivity index is 2.79. The van der Waals surface area contributed by atoms with Gasteiger partial charge < -0.3 is 0 Å². The SMILES string of the molecule is Cc1ccc2cc(F)ccc2n1. The molecular weight excluding hydrogens is 153 g/mol. The van der Waals surface area contributed by atoms with Gasteiger partial charge in [0.25, 0.3) is 0 Å². The van der Waals surface area contributed by atoms with Crippen molar-refractivity contribution in [1.82, 2.24) is 4.98 Å². The third-order valence-electron chi connectivity index (χ3n) is 1.79. The highest BCUT2D eigenvalue weighted by atomic mass is 19.1. The second kappa shape index (κ2) is 2.55. The average molecular weight is 161 g/mol. The lowest BCUT2D eigenvalue weighted by Gasteiger charge is -1.97. The Morgan fingerprint density at radius 1 is 1.17 bits per heavy atom. The van der Waals surface area contributed by atoms with Crippen LogP contribution in [0.5, 0.6) is 0 Å². The minimum absolute atomic E-state index is 0.215. The molecule has 1 heterocycles. The second-order valence-corrected chi connectivity index (χ2v) is 2.79. The van der Waals surface area contributed by atoms with E-state index in [0.717, 1.165) is 16.6 Å². The summed E-state index contributed by atoms with van der Waals surface area (Å²) in [5.74, 6) is -0.215. The molecule has 0 spiro atoms. The quantitative estimate of drug-likeness (QED) is 0.578. The van der Waals surface area contributed by atoms with Crippen LogP contribution in [0.2, 0.25) is 0 Å². The van der Waals surface area contributed by atoms with Gasteiger partial charge in [-0.2, -0.15) is 0 Å². The minimum Gasteiger partial charge on any atom is -0.253 e. The molecule has 0 fully saturated rings. The Kier molecular flexibility index (Phi) is 1.54. The normalized spacial score (nSPS) is 10.5. The lowest BCUT2D eigenvalue weighted by atomic mass is 10.2. The first-order valence-corrected chi connectivity index (χ1v) is 3.78. The van der Waals surface area contributed by atoms with Crippen LogP contribution < -0.4 is 0 Å². The van der Waals surface area contributed by atoms with Gasteiger partial charge in [0.15, 0.2) is 0 Å². The molecule has 0 saturated carbocycles. The van der Waals surface area contributed by atoms with Crippen molar-refractivity contribution in [1.29, 1.82) is 0 Å². The van der Waals surface area contributed by atoms with Crippen LogP contribution in [0, 0.1) is 12.7 Å². The van der Waals surface area contributed by atoms with Gasteiger partial charge in [-0.1, -0.05) is 6.07 Å². The molecule has 0 aliphatic rings. The number of halogens is 1. The number of pyridine rings is 1. The molecule has 0 aliphatic heterocycles. The zero-order valence-corrected chi connectivity index (χ0v) is 6.71. The van der Waals surface area contributed by atoms with Crippen LogP contribution in [0.25, 0.3) is 10.9 Å². The molecule has 0 radical (unpaired) electrons. The van der Waals surface area contributed by atoms with E-state index in [9.17, 15) is 4.39 Å². The van der Waals surface area contributed by atoms with Crippen LogP contribution in [0.4, 0.5) is 4.39 Å². The van der Waals surface area contributed by atoms with Crippen molar-refractivity contribution in [2.45, 2.75) is 6.92 Å². The molecule has 2 aromatic rings. The van der Waals surface area contributed by atoms with Gasteiger partial charge in [0.1, 0.15) is 5.82 Å². The van der Waals surface area contributed by atoms with Crippen LogP contribution in [0.15, 0.2) is 30.3 Å². The Labute approximate surface area is 69.9 Å². The number of hydrogen-bond donors (Lipinski definition) is 0. The van der Waals surface area contributed by atoms with Crippen LogP contribution in [-0.4, -0.2) is 4.98 Å². The Hall–Kier alpha value is -1.44. The maximum absolute atomic E-state index is 12.7. The summed E-state index contributed by atoms with van der Waals surface area (Å²) in [6, 6.07) is 8.36. The molecule has 0 saturated heterocycles. The first-order valence-electron chi connectivity index (χ1n) is 3.78. The Morgan fingerprint density at radius 2 is 2.00 bits per heavy atom. The number of fused-ring (bicyclic) bond motifs is 1. The van der Waals surface area contributed by atoms with Gasteiger partial charge in [-0.25, -0.2) is 4.39 Å². The van der Waals surface area contributed by atoms with Crippen LogP contribution in [0.1, 0.15) is 5.69 Å². The molecule has 0 amide bonds. The van der Waals surface area contributed by atoms with Crippen molar-refractivity contribution >= 4 is 10.9 Å². The van der Waals surface area contributed by atoms with E-state index in [1.165, 1.54) is 12.1 Å². The fourth-order valence-electron chi connectivity index (χ4n) is 1.20. The maximum atomic E-state index is 12.7. The van der Waals surface area contributed by atoms with Crippen molar-refractivity contribution in [3.8, 4) is 0 Å². The number of hydrogen-bond acceptors (Lipinski definition) is 1. The van der Waals surface area contributed by atoms with E-state index in [4.69, 9.17) is 0 Å². The zero-order chi connectivity index (χ0) is 8.55. The van der Waals surface area contributed by atoms with Gasteiger partial charge in [0.05, 0.1) is 5.52 Å². The molecule has 12 heavy (non-hydrogen) atoms. The predicted octanol–water partition coefficient (Wildman–Crippen LogP) is 2.68. The molecular formula is C10H8FN. The monoisotopic (exact) mass is 161 g/mol. The highest BCUT2D eigenvalue weighted by Gasteiger charge is 1.95. The van der Waals surface area contributed by atoms with Gasteiger partial charge in [-0.3, -0.25) is 4.98 Å². The second-order valence-electron chi connectivity index (χ2n) is 2.79. The topological polar surface area (TPSA) is 12.9 Å². The summed E-state index contributed by atoms with van der Waals surface area (Å²) in [5, 5.41) is 0.848. The molecule has 0 N–H and O–H groups in total. The van der Waals surface area contributed by atoms with Crippen LogP contribution in [-0.2, 0) is 0 Å². The molecule has 0 aliphatic carbocycles. The van der Waals surface area contributed by atoms with Crippen LogP contribution >= 0.6 is 0 Å². The number of aryl methyl sites for hydroxylation is 1. The summed E-state index contributed by atoms with van der Waals surface area (Å²) in [7, 11) is 0. The first kappa shape index (κ1) is 7.22. The molecule has 2 rings (SSSR count). The van der Waals surface area contributed by atoms with Crippen molar-refractivity contribution in [3.63, 3.8) is 0 Å². The number of aromatic nitrogens is 1. The summed E-state index contributed by atoms with van der Waals surface area (Å²) in [5.41, 5.74) is 1.80. The minimum atomic E-state index is -0.215. The van der Waals surface area contributed by atoms with Crippen molar-refractivity contribution < 1.29 is 4.39 Å². The molecule has 0 atom stereocenters. The van der Waals surface area contributed by atoms with Crippen molar-refractivity contribution in [3.05, 3.63) is 41.8 Å². The zero-order valence-electron chi connectivity index (χ0n) is 6.71. The van der Waals surface area contributed by atoms with E-state index in [1.807, 2.05) is 19.1 Å². The van der Waals surface area contributed by atoms with E-state index in [1.54, 1.807) is 6.07 Å². The molecule has 0 bridgehead atoms. The van der Waals surface area contributed by atoms with Gasteiger partial charge in [0.2, 0.25) is 0 Å². The summed E-state index contributed by atoms with van der Waals surface area (Å²) in [6.45, 7) is 1.92. The highest BCUT2D eigenvalue weighted by molar-refractivity contribution is 5.78. The fourth-order valence-corrected chi connectivity index (χ4v) is 1.20. The molecule has 1 aromatic heterocycles. The van der Waals surface area contributed by atoms with Crippen LogP contribution in [0.3, 0.4) is 0 Å². The van der Waals surface area contributed by atoms with E-state index < -0.39 is 0 Å². The summed E-state index contributed by atoms with van der Waals surface area (Å²) in [6.07, 6.45) is 0. The predicted molar refractivity (Wildman–Crippen MR) is 46.4 cm³/mol. The summed E-state index contributed by atoms with van der Waals surface area (Å²) in [4.78, 5) is 4.25. The van der Waals surface area contributed by atoms with E-state index in [2.05, 4.69) is 4.98 Å². The molecule has 60 valence electrons. The van der Waals surface area contributed by atoms with E-state index in [-0.39, 0.29) is 5.82 Å². The lowest BCUT2D eigenvalue weighted by molar-refractivity contribution is 0.629. The molecule has 0 unspecified atom stereocenters. The standard InChI is InChI=1S/C10H8FN/c1-7-2-3-8-6-9(11)4-5-10(8)12-7/h2-6H,1H3. The van der Waals surface area contributed by atoms with Gasteiger partial charge in [0, 0.05) is 11.1 Å². The summed E-state index contributed by atoms with van der Waals surface area (Å²) < 4.78 is 12.7. The number of nitrogens with zero attached hydrogens (tertiary/aromatic N) is 1. The van der Waals surface area contributed by atoms with E-state index >= 15 is 0 Å². The average Bonchev–Trinajstić information content (AvgIpc) is 2.05. The summed E-state index contributed by atoms with van der Waals surface area (Å²) >= 11 is 0. The maximum Gasteiger partial charge on any atom is 0.123 e. The lowest BCUT2D eigenvalue weighted by Crippen LogP contribution is -1.83. The van der Waals surface area contributed by atoms with Crippen molar-refractivity contribution in [2.75, 3.05) is 0 Å². The largest absolute Gasteiger partial charge is 0.253 e. The van der Waals surface area contributed by atoms with Crippen molar-refractivity contribution in [2.24, 2.45) is 0 Å². The smallest absolute Gasteiger partial charge is 0.123 e. The third-order valence-corrected chi connectivity index (χ3v) is 1.79. The highest BCUT2D eigenvalue weighted by Crippen LogP contribution is 2.13. The number of benzene rings is 1. The van der Waals surface area contributed by atoms with Gasteiger partial charge >= 0.3 is 0 Å². The molecule has 1 nitrogen and oxygen atoms in total. The third kappa shape index (κ3) is 1.16. The first-order chi connectivity index (χ1) is 5.75. The Bertz CT molecular complexity index is 382. The molecule has 2 heteroatoms. The van der Waals surface area contributed by atoms with E-state index in [0.29, 0.717) is 0 Å². The number of rotatable bonds is 0.